The Kier molecular flexibility index (Phi) is 2.39. The van der Waals surface area contributed by atoms with E-state index in [2.05, 4.69) is 5.32 Å². The number of piperazine rings is 1. The van der Waals surface area contributed by atoms with Crippen LogP contribution < -0.4 is 5.32 Å². The van der Waals surface area contributed by atoms with Gasteiger partial charge in [0.1, 0.15) is 6.04 Å². The molecule has 1 saturated heterocycles. The quantitative estimate of drug-likeness (QED) is 0.565. The highest BCUT2D eigenvalue weighted by Crippen LogP contribution is 2.21. The summed E-state index contributed by atoms with van der Waals surface area (Å²) in [5.74, 6) is 0. The van der Waals surface area contributed by atoms with E-state index >= 15 is 0 Å². The predicted octanol–water partition coefficient (Wildman–Crippen LogP) is 0.452. The SMILES string of the molecule is CN1CCN[C@H](C(F)(F)F)C1. The van der Waals surface area contributed by atoms with Crippen LogP contribution in [0, 0.1) is 0 Å². The lowest BCUT2D eigenvalue weighted by molar-refractivity contribution is -0.163. The Morgan fingerprint density at radius 3 is 2.45 bits per heavy atom. The third-order valence-corrected chi connectivity index (χ3v) is 1.77. The summed E-state index contributed by atoms with van der Waals surface area (Å²) in [6.07, 6.45) is -4.10. The first-order chi connectivity index (χ1) is 5.00. The maximum absolute atomic E-state index is 12.0. The van der Waals surface area contributed by atoms with Gasteiger partial charge in [0.15, 0.2) is 0 Å². The van der Waals surface area contributed by atoms with Crippen molar-refractivity contribution in [1.82, 2.24) is 10.2 Å². The first kappa shape index (κ1) is 8.80. The van der Waals surface area contributed by atoms with Gasteiger partial charge in [0.05, 0.1) is 0 Å². The summed E-state index contributed by atoms with van der Waals surface area (Å²) in [5.41, 5.74) is 0. The van der Waals surface area contributed by atoms with E-state index in [1.807, 2.05) is 0 Å². The molecule has 0 saturated carbocycles. The minimum atomic E-state index is -4.10. The Labute approximate surface area is 63.4 Å². The van der Waals surface area contributed by atoms with Crippen LogP contribution in [-0.2, 0) is 0 Å². The number of hydrogen-bond donors (Lipinski definition) is 1. The topological polar surface area (TPSA) is 15.3 Å². The third kappa shape index (κ3) is 2.34. The summed E-state index contributed by atoms with van der Waals surface area (Å²) in [6, 6.07) is -1.35. The Hall–Kier alpha value is -0.290. The van der Waals surface area contributed by atoms with Crippen molar-refractivity contribution in [3.05, 3.63) is 0 Å². The number of rotatable bonds is 0. The van der Waals surface area contributed by atoms with E-state index in [4.69, 9.17) is 0 Å². The fourth-order valence-corrected chi connectivity index (χ4v) is 1.12. The van der Waals surface area contributed by atoms with Gasteiger partial charge in [-0.05, 0) is 7.05 Å². The predicted molar refractivity (Wildman–Crippen MR) is 35.3 cm³/mol. The molecule has 1 N–H and O–H groups in total. The molecule has 1 rings (SSSR count). The second kappa shape index (κ2) is 2.98. The van der Waals surface area contributed by atoms with Crippen LogP contribution in [-0.4, -0.2) is 43.8 Å². The van der Waals surface area contributed by atoms with Gasteiger partial charge < -0.3 is 10.2 Å². The Bertz CT molecular complexity index is 134. The molecule has 0 spiro atoms. The molecule has 0 unspecified atom stereocenters. The minimum absolute atomic E-state index is 0.0590. The molecular formula is C6H11F3N2. The zero-order valence-electron chi connectivity index (χ0n) is 6.28. The smallest absolute Gasteiger partial charge is 0.304 e. The average Bonchev–Trinajstić information content (AvgIpc) is 1.86. The van der Waals surface area contributed by atoms with Crippen molar-refractivity contribution in [3.8, 4) is 0 Å². The molecule has 1 aliphatic heterocycles. The lowest BCUT2D eigenvalue weighted by Gasteiger charge is -2.31. The highest BCUT2D eigenvalue weighted by Gasteiger charge is 2.41. The zero-order valence-corrected chi connectivity index (χ0v) is 6.28. The molecule has 1 aliphatic rings. The fourth-order valence-electron chi connectivity index (χ4n) is 1.12. The van der Waals surface area contributed by atoms with Crippen LogP contribution in [0.25, 0.3) is 0 Å². The molecule has 0 aromatic heterocycles. The van der Waals surface area contributed by atoms with Crippen LogP contribution >= 0.6 is 0 Å². The van der Waals surface area contributed by atoms with Crippen LogP contribution in [0.2, 0.25) is 0 Å². The summed E-state index contributed by atoms with van der Waals surface area (Å²) < 4.78 is 36.1. The molecule has 5 heteroatoms. The molecule has 2 nitrogen and oxygen atoms in total. The molecule has 1 fully saturated rings. The first-order valence-electron chi connectivity index (χ1n) is 3.49. The number of nitrogens with one attached hydrogen (secondary N) is 1. The molecule has 1 heterocycles. The standard InChI is InChI=1S/C6H11F3N2/c1-11-3-2-10-5(4-11)6(7,8)9/h5,10H,2-4H2,1H3/t5-/m0/s1. The monoisotopic (exact) mass is 168 g/mol. The molecule has 0 bridgehead atoms. The van der Waals surface area contributed by atoms with Crippen molar-refractivity contribution >= 4 is 0 Å². The molecule has 0 aromatic rings. The normalized spacial score (nSPS) is 28.9. The van der Waals surface area contributed by atoms with Gasteiger partial charge in [-0.15, -0.1) is 0 Å². The van der Waals surface area contributed by atoms with Gasteiger partial charge in [0.2, 0.25) is 0 Å². The first-order valence-corrected chi connectivity index (χ1v) is 3.49. The van der Waals surface area contributed by atoms with E-state index in [9.17, 15) is 13.2 Å². The van der Waals surface area contributed by atoms with Crippen LogP contribution in [0.5, 0.6) is 0 Å². The van der Waals surface area contributed by atoms with Gasteiger partial charge in [0, 0.05) is 19.6 Å². The molecule has 0 amide bonds. The number of hydrogen-bond acceptors (Lipinski definition) is 2. The van der Waals surface area contributed by atoms with Crippen LogP contribution in [0.1, 0.15) is 0 Å². The molecule has 66 valence electrons. The van der Waals surface area contributed by atoms with E-state index < -0.39 is 12.2 Å². The number of likely N-dealkylation sites (N-methyl/N-ethyl adjacent to an activating group) is 1. The Balaban J connectivity index is 2.46. The van der Waals surface area contributed by atoms with Gasteiger partial charge in [-0.1, -0.05) is 0 Å². The van der Waals surface area contributed by atoms with Crippen molar-refractivity contribution < 1.29 is 13.2 Å². The van der Waals surface area contributed by atoms with Gasteiger partial charge in [-0.3, -0.25) is 0 Å². The van der Waals surface area contributed by atoms with E-state index in [-0.39, 0.29) is 6.54 Å². The Morgan fingerprint density at radius 2 is 2.09 bits per heavy atom. The van der Waals surface area contributed by atoms with Crippen LogP contribution in [0.3, 0.4) is 0 Å². The van der Waals surface area contributed by atoms with E-state index in [0.717, 1.165) is 0 Å². The van der Waals surface area contributed by atoms with Gasteiger partial charge in [0.25, 0.3) is 0 Å². The van der Waals surface area contributed by atoms with Crippen molar-refractivity contribution in [1.29, 1.82) is 0 Å². The summed E-state index contributed by atoms with van der Waals surface area (Å²) in [6.45, 7) is 1.16. The highest BCUT2D eigenvalue weighted by atomic mass is 19.4. The fraction of sp³-hybridized carbons (Fsp3) is 1.00. The molecule has 0 aromatic carbocycles. The summed E-state index contributed by atoms with van der Waals surface area (Å²) in [4.78, 5) is 1.68. The summed E-state index contributed by atoms with van der Waals surface area (Å²) in [5, 5.41) is 2.42. The van der Waals surface area contributed by atoms with Crippen LogP contribution in [0.4, 0.5) is 13.2 Å². The van der Waals surface area contributed by atoms with Gasteiger partial charge in [-0.25, -0.2) is 0 Å². The largest absolute Gasteiger partial charge is 0.405 e. The minimum Gasteiger partial charge on any atom is -0.304 e. The molecule has 0 radical (unpaired) electrons. The molecule has 0 aliphatic carbocycles. The van der Waals surface area contributed by atoms with E-state index in [0.29, 0.717) is 13.1 Å². The van der Waals surface area contributed by atoms with Crippen LogP contribution in [0.15, 0.2) is 0 Å². The second-order valence-electron chi connectivity index (χ2n) is 2.81. The second-order valence-corrected chi connectivity index (χ2v) is 2.81. The van der Waals surface area contributed by atoms with Crippen molar-refractivity contribution in [2.75, 3.05) is 26.7 Å². The average molecular weight is 168 g/mol. The van der Waals surface area contributed by atoms with Gasteiger partial charge >= 0.3 is 6.18 Å². The van der Waals surface area contributed by atoms with Crippen molar-refractivity contribution in [3.63, 3.8) is 0 Å². The van der Waals surface area contributed by atoms with Crippen molar-refractivity contribution in [2.24, 2.45) is 0 Å². The van der Waals surface area contributed by atoms with E-state index in [1.165, 1.54) is 0 Å². The van der Waals surface area contributed by atoms with Gasteiger partial charge in [-0.2, -0.15) is 13.2 Å². The lowest BCUT2D eigenvalue weighted by Crippen LogP contribution is -2.55. The number of nitrogens with zero attached hydrogens (tertiary/aromatic N) is 1. The van der Waals surface area contributed by atoms with Crippen molar-refractivity contribution in [2.45, 2.75) is 12.2 Å². The molecular weight excluding hydrogens is 157 g/mol. The zero-order chi connectivity index (χ0) is 8.48. The summed E-state index contributed by atoms with van der Waals surface area (Å²) in [7, 11) is 1.69. The number of alkyl halides is 3. The maximum Gasteiger partial charge on any atom is 0.405 e. The lowest BCUT2D eigenvalue weighted by atomic mass is 10.2. The maximum atomic E-state index is 12.0. The highest BCUT2D eigenvalue weighted by molar-refractivity contribution is 4.82. The number of halogens is 3. The van der Waals surface area contributed by atoms with E-state index in [1.54, 1.807) is 11.9 Å². The molecule has 1 atom stereocenters. The molecule has 11 heavy (non-hydrogen) atoms. The summed E-state index contributed by atoms with van der Waals surface area (Å²) >= 11 is 0. The third-order valence-electron chi connectivity index (χ3n) is 1.77. The Morgan fingerprint density at radius 1 is 1.45 bits per heavy atom.